The first-order chi connectivity index (χ1) is 13.1. The molecule has 7 heteroatoms. The quantitative estimate of drug-likeness (QED) is 0.480. The Balaban J connectivity index is 1.67. The van der Waals surface area contributed by atoms with Gasteiger partial charge < -0.3 is 4.74 Å². The molecule has 27 heavy (non-hydrogen) atoms. The Bertz CT molecular complexity index is 1130. The number of H-pyrrole nitrogens is 1. The molecule has 0 spiro atoms. The fraction of sp³-hybridized carbons (Fsp3) is 0.0500. The summed E-state index contributed by atoms with van der Waals surface area (Å²) >= 11 is 7.56. The Morgan fingerprint density at radius 2 is 1.89 bits per heavy atom. The molecule has 1 N–H and O–H groups in total. The third-order valence-electron chi connectivity index (χ3n) is 4.05. The minimum atomic E-state index is -0.448. The SMILES string of the molecule is COC(=O)c1cc2ccc(-c3[nH]ncc3Sc3ccc(Cl)cc3)cc2cn1. The molecule has 0 atom stereocenters. The molecule has 2 aromatic carbocycles. The fourth-order valence-corrected chi connectivity index (χ4v) is 3.73. The highest BCUT2D eigenvalue weighted by atomic mass is 35.5. The molecule has 0 radical (unpaired) electrons. The van der Waals surface area contributed by atoms with E-state index in [1.54, 1.807) is 30.2 Å². The van der Waals surface area contributed by atoms with Gasteiger partial charge in [-0.1, -0.05) is 35.5 Å². The second-order valence-electron chi connectivity index (χ2n) is 5.79. The Morgan fingerprint density at radius 3 is 2.67 bits per heavy atom. The van der Waals surface area contributed by atoms with Crippen molar-refractivity contribution in [1.82, 2.24) is 15.2 Å². The molecule has 0 unspecified atom stereocenters. The second-order valence-corrected chi connectivity index (χ2v) is 7.34. The number of halogens is 1. The average molecular weight is 396 g/mol. The standard InChI is InChI=1S/C20H14ClN3O2S/c1-26-20(25)17-9-12-2-3-13(8-14(12)10-22-17)19-18(11-23-24-19)27-16-6-4-15(21)5-7-16/h2-11H,1H3,(H,23,24). The van der Waals surface area contributed by atoms with E-state index in [0.29, 0.717) is 10.7 Å². The summed E-state index contributed by atoms with van der Waals surface area (Å²) < 4.78 is 4.72. The highest BCUT2D eigenvalue weighted by Crippen LogP contribution is 2.35. The molecule has 0 saturated heterocycles. The minimum Gasteiger partial charge on any atom is -0.464 e. The van der Waals surface area contributed by atoms with Crippen LogP contribution < -0.4 is 0 Å². The smallest absolute Gasteiger partial charge is 0.356 e. The van der Waals surface area contributed by atoms with Crippen molar-refractivity contribution in [2.45, 2.75) is 9.79 Å². The van der Waals surface area contributed by atoms with E-state index in [2.05, 4.69) is 15.2 Å². The number of esters is 1. The lowest BCUT2D eigenvalue weighted by molar-refractivity contribution is 0.0594. The van der Waals surface area contributed by atoms with Gasteiger partial charge in [0.05, 0.1) is 23.9 Å². The van der Waals surface area contributed by atoms with Gasteiger partial charge in [0.15, 0.2) is 0 Å². The van der Waals surface area contributed by atoms with Gasteiger partial charge in [-0.15, -0.1) is 0 Å². The predicted molar refractivity (Wildman–Crippen MR) is 106 cm³/mol. The van der Waals surface area contributed by atoms with E-state index < -0.39 is 5.97 Å². The molecule has 4 rings (SSSR count). The number of benzene rings is 2. The monoisotopic (exact) mass is 395 g/mol. The zero-order chi connectivity index (χ0) is 18.8. The number of hydrogen-bond donors (Lipinski definition) is 1. The van der Waals surface area contributed by atoms with Crippen LogP contribution in [0.25, 0.3) is 22.0 Å². The lowest BCUT2D eigenvalue weighted by atomic mass is 10.1. The third kappa shape index (κ3) is 3.67. The molecule has 2 aromatic heterocycles. The summed E-state index contributed by atoms with van der Waals surface area (Å²) in [6, 6.07) is 15.4. The third-order valence-corrected chi connectivity index (χ3v) is 5.34. The van der Waals surface area contributed by atoms with Crippen LogP contribution >= 0.6 is 23.4 Å². The average Bonchev–Trinajstić information content (AvgIpc) is 3.16. The van der Waals surface area contributed by atoms with Crippen LogP contribution in [0.4, 0.5) is 0 Å². The molecular weight excluding hydrogens is 382 g/mol. The molecule has 134 valence electrons. The van der Waals surface area contributed by atoms with E-state index in [-0.39, 0.29) is 0 Å². The molecule has 4 aromatic rings. The van der Waals surface area contributed by atoms with E-state index >= 15 is 0 Å². The number of hydrogen-bond acceptors (Lipinski definition) is 5. The maximum Gasteiger partial charge on any atom is 0.356 e. The van der Waals surface area contributed by atoms with Crippen molar-refractivity contribution in [2.75, 3.05) is 7.11 Å². The van der Waals surface area contributed by atoms with Gasteiger partial charge in [0, 0.05) is 27.1 Å². The van der Waals surface area contributed by atoms with Gasteiger partial charge in [0.25, 0.3) is 0 Å². The number of pyridine rings is 1. The number of methoxy groups -OCH3 is 1. The number of fused-ring (bicyclic) bond motifs is 1. The van der Waals surface area contributed by atoms with E-state index in [9.17, 15) is 4.79 Å². The summed E-state index contributed by atoms with van der Waals surface area (Å²) in [7, 11) is 1.34. The normalized spacial score (nSPS) is 10.9. The highest BCUT2D eigenvalue weighted by molar-refractivity contribution is 7.99. The van der Waals surface area contributed by atoms with Crippen molar-refractivity contribution in [2.24, 2.45) is 0 Å². The van der Waals surface area contributed by atoms with Crippen molar-refractivity contribution in [3.63, 3.8) is 0 Å². The van der Waals surface area contributed by atoms with Gasteiger partial charge in [-0.25, -0.2) is 9.78 Å². The van der Waals surface area contributed by atoms with Crippen LogP contribution in [0.3, 0.4) is 0 Å². The van der Waals surface area contributed by atoms with Crippen LogP contribution in [0.2, 0.25) is 5.02 Å². The first-order valence-electron chi connectivity index (χ1n) is 8.09. The molecule has 0 amide bonds. The predicted octanol–water partition coefficient (Wildman–Crippen LogP) is 5.22. The number of aromatic nitrogens is 3. The Hall–Kier alpha value is -2.83. The Labute approximate surface area is 164 Å². The van der Waals surface area contributed by atoms with Gasteiger partial charge in [0.1, 0.15) is 5.69 Å². The number of nitrogens with zero attached hydrogens (tertiary/aromatic N) is 2. The van der Waals surface area contributed by atoms with Crippen molar-refractivity contribution < 1.29 is 9.53 Å². The molecule has 0 fully saturated rings. The van der Waals surface area contributed by atoms with E-state index in [1.807, 2.05) is 42.5 Å². The van der Waals surface area contributed by atoms with Gasteiger partial charge in [0.2, 0.25) is 0 Å². The van der Waals surface area contributed by atoms with Gasteiger partial charge in [-0.2, -0.15) is 5.10 Å². The lowest BCUT2D eigenvalue weighted by Crippen LogP contribution is -2.03. The summed E-state index contributed by atoms with van der Waals surface area (Å²) in [5.74, 6) is -0.448. The number of nitrogens with one attached hydrogen (secondary N) is 1. The second kappa shape index (κ2) is 7.42. The zero-order valence-corrected chi connectivity index (χ0v) is 15.8. The first-order valence-corrected chi connectivity index (χ1v) is 9.29. The van der Waals surface area contributed by atoms with Gasteiger partial charge >= 0.3 is 5.97 Å². The number of carbonyl (C=O) groups excluding carboxylic acids is 1. The summed E-state index contributed by atoms with van der Waals surface area (Å²) in [5.41, 5.74) is 2.20. The van der Waals surface area contributed by atoms with Crippen LogP contribution in [0.1, 0.15) is 10.5 Å². The largest absolute Gasteiger partial charge is 0.464 e. The van der Waals surface area contributed by atoms with Crippen molar-refractivity contribution in [1.29, 1.82) is 0 Å². The number of ether oxygens (including phenoxy) is 1. The Kier molecular flexibility index (Phi) is 4.83. The van der Waals surface area contributed by atoms with Crippen LogP contribution in [-0.2, 0) is 4.74 Å². The first kappa shape index (κ1) is 17.6. The minimum absolute atomic E-state index is 0.290. The molecule has 0 saturated carbocycles. The summed E-state index contributed by atoms with van der Waals surface area (Å²) in [5, 5.41) is 9.81. The molecule has 0 aliphatic carbocycles. The van der Waals surface area contributed by atoms with Crippen molar-refractivity contribution >= 4 is 40.1 Å². The Morgan fingerprint density at radius 1 is 1.07 bits per heavy atom. The van der Waals surface area contributed by atoms with Crippen LogP contribution in [0, 0.1) is 0 Å². The molecule has 5 nitrogen and oxygen atoms in total. The number of carbonyl (C=O) groups is 1. The molecule has 0 aliphatic rings. The van der Waals surface area contributed by atoms with Gasteiger partial charge in [-0.3, -0.25) is 5.10 Å². The lowest BCUT2D eigenvalue weighted by Gasteiger charge is -2.06. The number of aromatic amines is 1. The maximum absolute atomic E-state index is 11.6. The highest BCUT2D eigenvalue weighted by Gasteiger charge is 2.12. The van der Waals surface area contributed by atoms with Crippen LogP contribution in [-0.4, -0.2) is 28.3 Å². The summed E-state index contributed by atoms with van der Waals surface area (Å²) in [6.07, 6.45) is 3.48. The fourth-order valence-electron chi connectivity index (χ4n) is 2.70. The van der Waals surface area contributed by atoms with Crippen molar-refractivity contribution in [3.05, 3.63) is 71.6 Å². The summed E-state index contributed by atoms with van der Waals surface area (Å²) in [6.45, 7) is 0. The topological polar surface area (TPSA) is 67.9 Å². The molecular formula is C20H14ClN3O2S. The van der Waals surface area contributed by atoms with Crippen LogP contribution in [0.15, 0.2) is 70.7 Å². The molecule has 2 heterocycles. The molecule has 0 aliphatic heterocycles. The van der Waals surface area contributed by atoms with Crippen molar-refractivity contribution in [3.8, 4) is 11.3 Å². The van der Waals surface area contributed by atoms with E-state index in [1.165, 1.54) is 7.11 Å². The number of rotatable bonds is 4. The zero-order valence-electron chi connectivity index (χ0n) is 14.3. The van der Waals surface area contributed by atoms with E-state index in [4.69, 9.17) is 16.3 Å². The maximum atomic E-state index is 11.6. The van der Waals surface area contributed by atoms with Crippen LogP contribution in [0.5, 0.6) is 0 Å². The summed E-state index contributed by atoms with van der Waals surface area (Å²) in [4.78, 5) is 17.9. The van der Waals surface area contributed by atoms with E-state index in [0.717, 1.165) is 31.8 Å². The van der Waals surface area contributed by atoms with Gasteiger partial charge in [-0.05, 0) is 41.8 Å². The molecule has 0 bridgehead atoms.